The van der Waals surface area contributed by atoms with Crippen LogP contribution in [0.5, 0.6) is 5.75 Å². The molecule has 0 radical (unpaired) electrons. The number of anilines is 1. The van der Waals surface area contributed by atoms with Crippen LogP contribution in [0.3, 0.4) is 0 Å². The van der Waals surface area contributed by atoms with Gasteiger partial charge in [0, 0.05) is 4.91 Å². The van der Waals surface area contributed by atoms with Gasteiger partial charge in [0.2, 0.25) is 5.91 Å². The van der Waals surface area contributed by atoms with Crippen LogP contribution in [0, 0.1) is 0 Å². The van der Waals surface area contributed by atoms with Gasteiger partial charge in [0.15, 0.2) is 0 Å². The average molecular weight is 220 g/mol. The first-order valence-electron chi connectivity index (χ1n) is 4.67. The van der Waals surface area contributed by atoms with Crippen LogP contribution >= 0.6 is 0 Å². The van der Waals surface area contributed by atoms with Gasteiger partial charge in [0.05, 0.1) is 12.8 Å². The zero-order chi connectivity index (χ0) is 12.0. The van der Waals surface area contributed by atoms with Crippen LogP contribution in [0.25, 0.3) is 10.4 Å². The number of azide groups is 1. The number of ether oxygens (including phenoxy) is 1. The smallest absolute Gasteiger partial charge is 0.233 e. The van der Waals surface area contributed by atoms with Crippen molar-refractivity contribution in [1.82, 2.24) is 0 Å². The van der Waals surface area contributed by atoms with Crippen molar-refractivity contribution in [3.8, 4) is 5.75 Å². The molecule has 0 heterocycles. The highest BCUT2D eigenvalue weighted by atomic mass is 16.5. The predicted molar refractivity (Wildman–Crippen MR) is 60.2 cm³/mol. The Morgan fingerprint density at radius 1 is 1.56 bits per heavy atom. The number of hydrogen-bond acceptors (Lipinski definition) is 3. The minimum absolute atomic E-state index is 0.373. The largest absolute Gasteiger partial charge is 0.495 e. The molecule has 1 aromatic carbocycles. The van der Waals surface area contributed by atoms with E-state index in [1.807, 2.05) is 0 Å². The first-order valence-corrected chi connectivity index (χ1v) is 4.67. The van der Waals surface area contributed by atoms with Gasteiger partial charge in [-0.25, -0.2) is 0 Å². The lowest BCUT2D eigenvalue weighted by molar-refractivity contribution is -0.117. The van der Waals surface area contributed by atoms with Crippen LogP contribution in [0.4, 0.5) is 5.69 Å². The second kappa shape index (κ2) is 5.63. The fraction of sp³-hybridized carbons (Fsp3) is 0.300. The number of para-hydroxylation sites is 2. The molecule has 0 saturated carbocycles. The molecule has 84 valence electrons. The molecule has 0 fully saturated rings. The molecule has 16 heavy (non-hydrogen) atoms. The van der Waals surface area contributed by atoms with Crippen LogP contribution in [-0.2, 0) is 4.79 Å². The molecule has 6 heteroatoms. The quantitative estimate of drug-likeness (QED) is 0.479. The van der Waals surface area contributed by atoms with E-state index in [9.17, 15) is 4.79 Å². The summed E-state index contributed by atoms with van der Waals surface area (Å²) in [6, 6.07) is 6.25. The molecular weight excluding hydrogens is 208 g/mol. The summed E-state index contributed by atoms with van der Waals surface area (Å²) in [5, 5.41) is 5.92. The number of amides is 1. The lowest BCUT2D eigenvalue weighted by Gasteiger charge is -2.10. The van der Waals surface area contributed by atoms with Gasteiger partial charge in [-0.05, 0) is 24.6 Å². The van der Waals surface area contributed by atoms with E-state index >= 15 is 0 Å². The Kier molecular flexibility index (Phi) is 4.17. The van der Waals surface area contributed by atoms with Gasteiger partial charge in [-0.2, -0.15) is 0 Å². The number of benzene rings is 1. The lowest BCUT2D eigenvalue weighted by Crippen LogP contribution is -2.23. The van der Waals surface area contributed by atoms with Crippen molar-refractivity contribution in [2.45, 2.75) is 13.0 Å². The molecule has 6 nitrogen and oxygen atoms in total. The fourth-order valence-corrected chi connectivity index (χ4v) is 1.11. The van der Waals surface area contributed by atoms with Crippen LogP contribution in [0.2, 0.25) is 0 Å². The van der Waals surface area contributed by atoms with Crippen molar-refractivity contribution in [2.75, 3.05) is 12.4 Å². The number of carbonyl (C=O) groups excluding carboxylic acids is 1. The Hall–Kier alpha value is -2.20. The summed E-state index contributed by atoms with van der Waals surface area (Å²) in [6.07, 6.45) is 0. The van der Waals surface area contributed by atoms with Crippen molar-refractivity contribution >= 4 is 11.6 Å². The van der Waals surface area contributed by atoms with Crippen molar-refractivity contribution < 1.29 is 9.53 Å². The number of nitrogens with one attached hydrogen (secondary N) is 1. The predicted octanol–water partition coefficient (Wildman–Crippen LogP) is 2.33. The van der Waals surface area contributed by atoms with E-state index in [4.69, 9.17) is 10.3 Å². The maximum absolute atomic E-state index is 11.5. The number of carbonyl (C=O) groups is 1. The first kappa shape index (κ1) is 11.9. The molecule has 1 aromatic rings. The molecule has 1 amide bonds. The van der Waals surface area contributed by atoms with Gasteiger partial charge in [-0.3, -0.25) is 4.79 Å². The summed E-state index contributed by atoms with van der Waals surface area (Å²) in [5.74, 6) is 0.186. The van der Waals surface area contributed by atoms with E-state index in [0.29, 0.717) is 11.4 Å². The van der Waals surface area contributed by atoms with Crippen molar-refractivity contribution in [2.24, 2.45) is 5.11 Å². The molecule has 0 bridgehead atoms. The summed E-state index contributed by atoms with van der Waals surface area (Å²) < 4.78 is 5.07. The molecule has 0 aromatic heterocycles. The maximum Gasteiger partial charge on any atom is 0.233 e. The standard InChI is InChI=1S/C10H12N4O2/c1-7(13-14-11)10(15)12-8-5-3-4-6-9(8)16-2/h3-7H,1-2H3,(H,12,15). The third kappa shape index (κ3) is 2.90. The van der Waals surface area contributed by atoms with E-state index in [-0.39, 0.29) is 5.91 Å². The summed E-state index contributed by atoms with van der Waals surface area (Å²) in [5.41, 5.74) is 8.76. The third-order valence-corrected chi connectivity index (χ3v) is 1.97. The van der Waals surface area contributed by atoms with E-state index in [0.717, 1.165) is 0 Å². The topological polar surface area (TPSA) is 87.1 Å². The Morgan fingerprint density at radius 3 is 2.88 bits per heavy atom. The summed E-state index contributed by atoms with van der Waals surface area (Å²) >= 11 is 0. The molecule has 0 saturated heterocycles. The zero-order valence-corrected chi connectivity index (χ0v) is 9.04. The summed E-state index contributed by atoms with van der Waals surface area (Å²) in [7, 11) is 1.52. The zero-order valence-electron chi connectivity index (χ0n) is 9.04. The number of methoxy groups -OCH3 is 1. The molecule has 0 aliphatic carbocycles. The Bertz CT molecular complexity index is 427. The molecule has 0 aliphatic heterocycles. The Balaban J connectivity index is 2.80. The number of rotatable bonds is 4. The highest BCUT2D eigenvalue weighted by molar-refractivity contribution is 5.95. The van der Waals surface area contributed by atoms with E-state index in [1.54, 1.807) is 24.3 Å². The highest BCUT2D eigenvalue weighted by Gasteiger charge is 2.12. The van der Waals surface area contributed by atoms with Crippen molar-refractivity contribution in [1.29, 1.82) is 0 Å². The van der Waals surface area contributed by atoms with Gasteiger partial charge in [-0.1, -0.05) is 17.2 Å². The third-order valence-electron chi connectivity index (χ3n) is 1.97. The van der Waals surface area contributed by atoms with E-state index < -0.39 is 6.04 Å². The molecule has 0 aliphatic rings. The van der Waals surface area contributed by atoms with Gasteiger partial charge in [0.1, 0.15) is 11.8 Å². The SMILES string of the molecule is COc1ccccc1NC(=O)C(C)N=[N+]=[N-]. The summed E-state index contributed by atoms with van der Waals surface area (Å²) in [6.45, 7) is 1.52. The lowest BCUT2D eigenvalue weighted by atomic mass is 10.2. The monoisotopic (exact) mass is 220 g/mol. The molecule has 1 unspecified atom stereocenters. The van der Waals surface area contributed by atoms with E-state index in [1.165, 1.54) is 14.0 Å². The Morgan fingerprint density at radius 2 is 2.25 bits per heavy atom. The Labute approximate surface area is 92.8 Å². The number of hydrogen-bond donors (Lipinski definition) is 1. The molecule has 0 spiro atoms. The van der Waals surface area contributed by atoms with Gasteiger partial charge in [0.25, 0.3) is 0 Å². The first-order chi connectivity index (χ1) is 7.69. The molecule has 1 N–H and O–H groups in total. The minimum Gasteiger partial charge on any atom is -0.495 e. The van der Waals surface area contributed by atoms with Crippen LogP contribution in [-0.4, -0.2) is 19.1 Å². The van der Waals surface area contributed by atoms with Crippen molar-refractivity contribution in [3.05, 3.63) is 34.7 Å². The second-order valence-electron chi connectivity index (χ2n) is 3.07. The second-order valence-corrected chi connectivity index (χ2v) is 3.07. The van der Waals surface area contributed by atoms with Crippen molar-refractivity contribution in [3.63, 3.8) is 0 Å². The average Bonchev–Trinajstić information content (AvgIpc) is 2.30. The molecule has 1 atom stereocenters. The maximum atomic E-state index is 11.5. The van der Waals surface area contributed by atoms with Crippen LogP contribution in [0.15, 0.2) is 29.4 Å². The minimum atomic E-state index is -0.755. The molecular formula is C10H12N4O2. The van der Waals surface area contributed by atoms with Crippen LogP contribution in [0.1, 0.15) is 6.92 Å². The van der Waals surface area contributed by atoms with Gasteiger partial charge in [-0.15, -0.1) is 0 Å². The van der Waals surface area contributed by atoms with Crippen LogP contribution < -0.4 is 10.1 Å². The number of nitrogens with zero attached hydrogens (tertiary/aromatic N) is 3. The highest BCUT2D eigenvalue weighted by Crippen LogP contribution is 2.23. The van der Waals surface area contributed by atoms with E-state index in [2.05, 4.69) is 15.3 Å². The molecule has 1 rings (SSSR count). The van der Waals surface area contributed by atoms with Gasteiger partial charge >= 0.3 is 0 Å². The normalized spacial score (nSPS) is 11.1. The fourth-order valence-electron chi connectivity index (χ4n) is 1.11. The van der Waals surface area contributed by atoms with Gasteiger partial charge < -0.3 is 10.1 Å². The summed E-state index contributed by atoms with van der Waals surface area (Å²) in [4.78, 5) is 14.1.